The smallest absolute Gasteiger partial charge is 0.407 e. The van der Waals surface area contributed by atoms with Crippen molar-refractivity contribution in [2.75, 3.05) is 30.3 Å². The average Bonchev–Trinajstić information content (AvgIpc) is 2.83. The first-order valence-electron chi connectivity index (χ1n) is 7.41. The van der Waals surface area contributed by atoms with Crippen LogP contribution in [0.25, 0.3) is 0 Å². The minimum Gasteiger partial charge on any atom is -0.444 e. The fraction of sp³-hybridized carbons (Fsp3) is 0.562. The molecule has 2 rings (SSSR count). The molecule has 5 nitrogen and oxygen atoms in total. The number of alkyl carbamates (subject to hydrolysis) is 1. The second-order valence-electron chi connectivity index (χ2n) is 6.58. The number of carbonyl (C=O) groups excluding carboxylic acids is 1. The molecule has 0 radical (unpaired) electrons. The Hall–Kier alpha value is -1.91. The normalized spacial score (nSPS) is 18.6. The van der Waals surface area contributed by atoms with Gasteiger partial charge in [0, 0.05) is 31.0 Å². The minimum absolute atomic E-state index is 0.343. The van der Waals surface area contributed by atoms with Crippen LogP contribution >= 0.6 is 0 Å². The molecule has 0 bridgehead atoms. The van der Waals surface area contributed by atoms with Gasteiger partial charge in [-0.15, -0.1) is 0 Å². The van der Waals surface area contributed by atoms with Crippen molar-refractivity contribution in [1.29, 1.82) is 0 Å². The SMILES string of the molecule is CC(C)(C)OC(=O)NC[C@@H]1CCN(c2cccc(N)c2)C1. The van der Waals surface area contributed by atoms with E-state index in [-0.39, 0.29) is 6.09 Å². The van der Waals surface area contributed by atoms with Crippen LogP contribution in [0.2, 0.25) is 0 Å². The van der Waals surface area contributed by atoms with E-state index in [2.05, 4.69) is 16.3 Å². The lowest BCUT2D eigenvalue weighted by molar-refractivity contribution is 0.0520. The fourth-order valence-electron chi connectivity index (χ4n) is 2.50. The van der Waals surface area contributed by atoms with Gasteiger partial charge in [-0.3, -0.25) is 0 Å². The Labute approximate surface area is 126 Å². The molecule has 0 aliphatic carbocycles. The highest BCUT2D eigenvalue weighted by Crippen LogP contribution is 2.24. The first kappa shape index (κ1) is 15.5. The van der Waals surface area contributed by atoms with Gasteiger partial charge < -0.3 is 20.7 Å². The zero-order valence-corrected chi connectivity index (χ0v) is 13.1. The summed E-state index contributed by atoms with van der Waals surface area (Å²) in [6.07, 6.45) is 0.717. The summed E-state index contributed by atoms with van der Waals surface area (Å²) in [5.74, 6) is 0.443. The van der Waals surface area contributed by atoms with Crippen molar-refractivity contribution in [2.24, 2.45) is 5.92 Å². The van der Waals surface area contributed by atoms with Gasteiger partial charge in [0.2, 0.25) is 0 Å². The Kier molecular flexibility index (Phi) is 4.60. The number of carbonyl (C=O) groups is 1. The van der Waals surface area contributed by atoms with Crippen LogP contribution in [0.3, 0.4) is 0 Å². The van der Waals surface area contributed by atoms with Crippen LogP contribution in [0.15, 0.2) is 24.3 Å². The van der Waals surface area contributed by atoms with Crippen LogP contribution in [0.1, 0.15) is 27.2 Å². The lowest BCUT2D eigenvalue weighted by atomic mass is 10.1. The maximum Gasteiger partial charge on any atom is 0.407 e. The molecule has 116 valence electrons. The number of hydrogen-bond donors (Lipinski definition) is 2. The molecule has 1 fully saturated rings. The third-order valence-electron chi connectivity index (χ3n) is 3.46. The van der Waals surface area contributed by atoms with E-state index in [0.29, 0.717) is 12.5 Å². The lowest BCUT2D eigenvalue weighted by Gasteiger charge is -2.21. The molecule has 1 saturated heterocycles. The lowest BCUT2D eigenvalue weighted by Crippen LogP contribution is -2.36. The third-order valence-corrected chi connectivity index (χ3v) is 3.46. The monoisotopic (exact) mass is 291 g/mol. The maximum absolute atomic E-state index is 11.6. The second kappa shape index (κ2) is 6.24. The summed E-state index contributed by atoms with van der Waals surface area (Å²) in [6, 6.07) is 7.92. The molecule has 1 aromatic carbocycles. The van der Waals surface area contributed by atoms with Gasteiger partial charge >= 0.3 is 6.09 Å². The summed E-state index contributed by atoms with van der Waals surface area (Å²) in [7, 11) is 0. The topological polar surface area (TPSA) is 67.6 Å². The van der Waals surface area contributed by atoms with Gasteiger partial charge in [-0.1, -0.05) is 6.07 Å². The number of rotatable bonds is 3. The van der Waals surface area contributed by atoms with Crippen molar-refractivity contribution in [1.82, 2.24) is 5.32 Å². The van der Waals surface area contributed by atoms with Crippen LogP contribution < -0.4 is 16.0 Å². The minimum atomic E-state index is -0.451. The summed E-state index contributed by atoms with van der Waals surface area (Å²) in [6.45, 7) is 8.16. The van der Waals surface area contributed by atoms with E-state index in [9.17, 15) is 4.79 Å². The predicted molar refractivity (Wildman–Crippen MR) is 85.4 cm³/mol. The number of nitrogens with one attached hydrogen (secondary N) is 1. The van der Waals surface area contributed by atoms with Crippen LogP contribution in [0.4, 0.5) is 16.2 Å². The van der Waals surface area contributed by atoms with Crippen molar-refractivity contribution in [3.05, 3.63) is 24.3 Å². The van der Waals surface area contributed by atoms with Gasteiger partial charge in [-0.25, -0.2) is 4.79 Å². The van der Waals surface area contributed by atoms with Gasteiger partial charge in [0.15, 0.2) is 0 Å². The third kappa shape index (κ3) is 4.85. The highest BCUT2D eigenvalue weighted by Gasteiger charge is 2.24. The highest BCUT2D eigenvalue weighted by atomic mass is 16.6. The Morgan fingerprint density at radius 3 is 2.90 bits per heavy atom. The van der Waals surface area contributed by atoms with Crippen molar-refractivity contribution in [2.45, 2.75) is 32.8 Å². The number of nitrogens with zero attached hydrogens (tertiary/aromatic N) is 1. The first-order chi connectivity index (χ1) is 9.83. The summed E-state index contributed by atoms with van der Waals surface area (Å²) < 4.78 is 5.24. The number of nitrogens with two attached hydrogens (primary N) is 1. The van der Waals surface area contributed by atoms with Gasteiger partial charge in [-0.2, -0.15) is 0 Å². The molecule has 21 heavy (non-hydrogen) atoms. The van der Waals surface area contributed by atoms with E-state index >= 15 is 0 Å². The molecule has 1 amide bonds. The van der Waals surface area contributed by atoms with Gasteiger partial charge in [-0.05, 0) is 51.3 Å². The summed E-state index contributed by atoms with van der Waals surface area (Å²) in [5.41, 5.74) is 7.30. The van der Waals surface area contributed by atoms with E-state index in [4.69, 9.17) is 10.5 Å². The van der Waals surface area contributed by atoms with Gasteiger partial charge in [0.25, 0.3) is 0 Å². The summed E-state index contributed by atoms with van der Waals surface area (Å²) in [4.78, 5) is 14.0. The molecule has 3 N–H and O–H groups in total. The Bertz CT molecular complexity index is 497. The standard InChI is InChI=1S/C16H25N3O2/c1-16(2,3)21-15(20)18-10-12-7-8-19(11-12)14-6-4-5-13(17)9-14/h4-6,9,12H,7-8,10-11,17H2,1-3H3,(H,18,20)/t12-/m0/s1. The maximum atomic E-state index is 11.6. The van der Waals surface area contributed by atoms with Crippen LogP contribution in [0.5, 0.6) is 0 Å². The number of ether oxygens (including phenoxy) is 1. The van der Waals surface area contributed by atoms with E-state index < -0.39 is 5.60 Å². The molecule has 1 aliphatic rings. The molecule has 0 saturated carbocycles. The highest BCUT2D eigenvalue weighted by molar-refractivity contribution is 5.67. The predicted octanol–water partition coefficient (Wildman–Crippen LogP) is 2.62. The summed E-state index contributed by atoms with van der Waals surface area (Å²) >= 11 is 0. The molecule has 1 aliphatic heterocycles. The molecular weight excluding hydrogens is 266 g/mol. The van der Waals surface area contributed by atoms with Crippen molar-refractivity contribution in [3.8, 4) is 0 Å². The van der Waals surface area contributed by atoms with Crippen molar-refractivity contribution >= 4 is 17.5 Å². The molecule has 0 spiro atoms. The van der Waals surface area contributed by atoms with E-state index in [0.717, 1.165) is 30.9 Å². The number of hydrogen-bond acceptors (Lipinski definition) is 4. The van der Waals surface area contributed by atoms with Gasteiger partial charge in [0.1, 0.15) is 5.60 Å². The zero-order valence-electron chi connectivity index (χ0n) is 13.1. The summed E-state index contributed by atoms with van der Waals surface area (Å²) in [5, 5.41) is 2.85. The second-order valence-corrected chi connectivity index (χ2v) is 6.58. The molecule has 1 heterocycles. The number of benzene rings is 1. The molecular formula is C16H25N3O2. The fourth-order valence-corrected chi connectivity index (χ4v) is 2.50. The van der Waals surface area contributed by atoms with E-state index in [1.807, 2.05) is 39.0 Å². The Morgan fingerprint density at radius 1 is 1.48 bits per heavy atom. The Balaban J connectivity index is 1.79. The Morgan fingerprint density at radius 2 is 2.24 bits per heavy atom. The molecule has 1 aromatic rings. The first-order valence-corrected chi connectivity index (χ1v) is 7.41. The molecule has 0 aromatic heterocycles. The zero-order chi connectivity index (χ0) is 15.5. The van der Waals surface area contributed by atoms with Crippen molar-refractivity contribution in [3.63, 3.8) is 0 Å². The van der Waals surface area contributed by atoms with E-state index in [1.165, 1.54) is 0 Å². The number of nitrogen functional groups attached to an aromatic ring is 1. The molecule has 1 atom stereocenters. The van der Waals surface area contributed by atoms with Gasteiger partial charge in [0.05, 0.1) is 0 Å². The number of anilines is 2. The molecule has 0 unspecified atom stereocenters. The molecule has 5 heteroatoms. The number of amides is 1. The van der Waals surface area contributed by atoms with Crippen molar-refractivity contribution < 1.29 is 9.53 Å². The quantitative estimate of drug-likeness (QED) is 0.840. The van der Waals surface area contributed by atoms with E-state index in [1.54, 1.807) is 0 Å². The van der Waals surface area contributed by atoms with Crippen LogP contribution in [-0.4, -0.2) is 31.3 Å². The van der Waals surface area contributed by atoms with Crippen LogP contribution in [-0.2, 0) is 4.74 Å². The average molecular weight is 291 g/mol. The van der Waals surface area contributed by atoms with Crippen LogP contribution in [0, 0.1) is 5.92 Å². The largest absolute Gasteiger partial charge is 0.444 e.